The van der Waals surface area contributed by atoms with Gasteiger partial charge in [0.1, 0.15) is 5.82 Å². The van der Waals surface area contributed by atoms with E-state index in [1.807, 2.05) is 42.5 Å². The number of halogens is 1. The van der Waals surface area contributed by atoms with Gasteiger partial charge in [-0.2, -0.15) is 0 Å². The van der Waals surface area contributed by atoms with Crippen molar-refractivity contribution in [1.29, 1.82) is 0 Å². The average molecular weight is 366 g/mol. The minimum atomic E-state index is -0.0903. The molecule has 0 radical (unpaired) electrons. The predicted octanol–water partition coefficient (Wildman–Crippen LogP) is 5.09. The molecule has 1 heterocycles. The third-order valence-corrected chi connectivity index (χ3v) is 4.24. The highest BCUT2D eigenvalue weighted by atomic mass is 35.5. The smallest absolute Gasteiger partial charge is 0.228 e. The molecule has 2 aromatic carbocycles. The zero-order valence-corrected chi connectivity index (χ0v) is 15.2. The highest BCUT2D eigenvalue weighted by Crippen LogP contribution is 2.18. The van der Waals surface area contributed by atoms with Crippen molar-refractivity contribution in [3.63, 3.8) is 0 Å². The number of nitrogens with one attached hydrogen (secondary N) is 2. The van der Waals surface area contributed by atoms with Crippen LogP contribution in [0.25, 0.3) is 0 Å². The topological polar surface area (TPSA) is 54.0 Å². The molecule has 132 valence electrons. The van der Waals surface area contributed by atoms with Gasteiger partial charge in [0.15, 0.2) is 0 Å². The molecule has 1 atom stereocenters. The molecule has 1 aromatic heterocycles. The molecular weight excluding hydrogens is 346 g/mol. The van der Waals surface area contributed by atoms with Crippen molar-refractivity contribution < 1.29 is 4.79 Å². The molecule has 1 unspecified atom stereocenters. The van der Waals surface area contributed by atoms with Crippen LogP contribution in [-0.2, 0) is 11.2 Å². The minimum Gasteiger partial charge on any atom is -0.364 e. The molecule has 1 amide bonds. The van der Waals surface area contributed by atoms with Crippen molar-refractivity contribution in [3.8, 4) is 0 Å². The predicted molar refractivity (Wildman–Crippen MR) is 107 cm³/mol. The Labute approximate surface area is 158 Å². The van der Waals surface area contributed by atoms with Crippen molar-refractivity contribution in [2.45, 2.75) is 19.4 Å². The van der Waals surface area contributed by atoms with Gasteiger partial charge in [-0.15, -0.1) is 0 Å². The zero-order valence-electron chi connectivity index (χ0n) is 14.4. The van der Waals surface area contributed by atoms with Crippen LogP contribution in [0.4, 0.5) is 11.5 Å². The van der Waals surface area contributed by atoms with Crippen molar-refractivity contribution >= 4 is 29.0 Å². The van der Waals surface area contributed by atoms with Gasteiger partial charge >= 0.3 is 0 Å². The Balaban J connectivity index is 1.55. The van der Waals surface area contributed by atoms with Gasteiger partial charge in [0.2, 0.25) is 5.91 Å². The first kappa shape index (κ1) is 18.0. The van der Waals surface area contributed by atoms with E-state index in [0.29, 0.717) is 17.1 Å². The Morgan fingerprint density at radius 2 is 1.77 bits per heavy atom. The van der Waals surface area contributed by atoms with E-state index in [4.69, 9.17) is 11.6 Å². The summed E-state index contributed by atoms with van der Waals surface area (Å²) in [7, 11) is 0. The summed E-state index contributed by atoms with van der Waals surface area (Å²) in [5.41, 5.74) is 2.77. The van der Waals surface area contributed by atoms with Crippen LogP contribution in [0.1, 0.15) is 24.1 Å². The van der Waals surface area contributed by atoms with Crippen LogP contribution in [0.5, 0.6) is 0 Å². The summed E-state index contributed by atoms with van der Waals surface area (Å²) in [5, 5.41) is 6.86. The summed E-state index contributed by atoms with van der Waals surface area (Å²) >= 11 is 5.85. The number of benzene rings is 2. The van der Waals surface area contributed by atoms with E-state index in [9.17, 15) is 4.79 Å². The van der Waals surface area contributed by atoms with E-state index >= 15 is 0 Å². The first-order valence-electron chi connectivity index (χ1n) is 8.42. The van der Waals surface area contributed by atoms with Gasteiger partial charge < -0.3 is 10.6 Å². The minimum absolute atomic E-state index is 0.0903. The summed E-state index contributed by atoms with van der Waals surface area (Å²) < 4.78 is 0. The van der Waals surface area contributed by atoms with Gasteiger partial charge in [-0.3, -0.25) is 4.79 Å². The average Bonchev–Trinajstić information content (AvgIpc) is 2.66. The first-order chi connectivity index (χ1) is 12.6. The maximum absolute atomic E-state index is 12.1. The molecule has 0 saturated heterocycles. The Morgan fingerprint density at radius 1 is 1.04 bits per heavy atom. The third kappa shape index (κ3) is 5.07. The summed E-state index contributed by atoms with van der Waals surface area (Å²) in [5.74, 6) is 0.671. The second-order valence-corrected chi connectivity index (χ2v) is 6.50. The fourth-order valence-corrected chi connectivity index (χ4v) is 2.72. The van der Waals surface area contributed by atoms with Gasteiger partial charge in [0, 0.05) is 11.1 Å². The summed E-state index contributed by atoms with van der Waals surface area (Å²) in [4.78, 5) is 16.5. The number of aromatic nitrogens is 1. The zero-order chi connectivity index (χ0) is 18.4. The number of amides is 1. The lowest BCUT2D eigenvalue weighted by Gasteiger charge is -2.15. The fourth-order valence-electron chi connectivity index (χ4n) is 2.59. The largest absolute Gasteiger partial charge is 0.364 e. The summed E-state index contributed by atoms with van der Waals surface area (Å²) in [6, 6.07) is 21.3. The normalized spacial score (nSPS) is 11.6. The Hall–Kier alpha value is -2.85. The van der Waals surface area contributed by atoms with E-state index in [2.05, 4.69) is 34.7 Å². The lowest BCUT2D eigenvalue weighted by molar-refractivity contribution is -0.115. The number of carbonyl (C=O) groups is 1. The highest BCUT2D eigenvalue weighted by molar-refractivity contribution is 6.30. The molecule has 2 N–H and O–H groups in total. The molecular formula is C21H20ClN3O. The van der Waals surface area contributed by atoms with Crippen LogP contribution in [0.2, 0.25) is 5.02 Å². The standard InChI is InChI=1S/C21H20ClN3O/c1-15(17-5-3-2-4-6-17)24-20-12-11-19(14-23-20)25-21(26)13-16-7-9-18(22)10-8-16/h2-12,14-15H,13H2,1H3,(H,23,24)(H,25,26). The van der Waals surface area contributed by atoms with Crippen LogP contribution >= 0.6 is 11.6 Å². The van der Waals surface area contributed by atoms with E-state index in [1.54, 1.807) is 18.3 Å². The molecule has 0 aliphatic carbocycles. The molecule has 0 aliphatic rings. The van der Waals surface area contributed by atoms with Gasteiger partial charge in [0.25, 0.3) is 0 Å². The van der Waals surface area contributed by atoms with Crippen molar-refractivity contribution in [2.75, 3.05) is 10.6 Å². The van der Waals surface area contributed by atoms with Gasteiger partial charge in [0.05, 0.1) is 18.3 Å². The third-order valence-electron chi connectivity index (χ3n) is 3.99. The summed E-state index contributed by atoms with van der Waals surface area (Å²) in [6.45, 7) is 2.08. The van der Waals surface area contributed by atoms with Gasteiger partial charge in [-0.1, -0.05) is 54.1 Å². The number of hydrogen-bond acceptors (Lipinski definition) is 3. The summed E-state index contributed by atoms with van der Waals surface area (Å²) in [6.07, 6.45) is 1.95. The monoisotopic (exact) mass is 365 g/mol. The molecule has 3 aromatic rings. The van der Waals surface area contributed by atoms with Gasteiger partial charge in [-0.25, -0.2) is 4.98 Å². The first-order valence-corrected chi connectivity index (χ1v) is 8.80. The molecule has 0 aliphatic heterocycles. The Kier molecular flexibility index (Phi) is 5.87. The number of rotatable bonds is 6. The lowest BCUT2D eigenvalue weighted by atomic mass is 10.1. The maximum Gasteiger partial charge on any atom is 0.228 e. The lowest BCUT2D eigenvalue weighted by Crippen LogP contribution is -2.14. The van der Waals surface area contributed by atoms with E-state index in [1.165, 1.54) is 5.56 Å². The molecule has 26 heavy (non-hydrogen) atoms. The number of carbonyl (C=O) groups excluding carboxylic acids is 1. The van der Waals surface area contributed by atoms with E-state index in [-0.39, 0.29) is 11.9 Å². The molecule has 4 nitrogen and oxygen atoms in total. The van der Waals surface area contributed by atoms with E-state index in [0.717, 1.165) is 11.4 Å². The van der Waals surface area contributed by atoms with Crippen molar-refractivity contribution in [1.82, 2.24) is 4.98 Å². The molecule has 0 spiro atoms. The molecule has 0 bridgehead atoms. The Morgan fingerprint density at radius 3 is 2.42 bits per heavy atom. The van der Waals surface area contributed by atoms with Gasteiger partial charge in [-0.05, 0) is 42.3 Å². The van der Waals surface area contributed by atoms with Crippen LogP contribution in [-0.4, -0.2) is 10.9 Å². The van der Waals surface area contributed by atoms with Crippen LogP contribution in [0.3, 0.4) is 0 Å². The molecule has 3 rings (SSSR count). The van der Waals surface area contributed by atoms with Crippen LogP contribution in [0.15, 0.2) is 72.9 Å². The fraction of sp³-hybridized carbons (Fsp3) is 0.143. The van der Waals surface area contributed by atoms with Crippen LogP contribution in [0, 0.1) is 0 Å². The second kappa shape index (κ2) is 8.50. The number of hydrogen-bond donors (Lipinski definition) is 2. The second-order valence-electron chi connectivity index (χ2n) is 6.06. The molecule has 5 heteroatoms. The number of pyridine rings is 1. The molecule has 0 saturated carbocycles. The quantitative estimate of drug-likeness (QED) is 0.639. The number of nitrogens with zero attached hydrogens (tertiary/aromatic N) is 1. The van der Waals surface area contributed by atoms with Crippen molar-refractivity contribution in [3.05, 3.63) is 89.1 Å². The highest BCUT2D eigenvalue weighted by Gasteiger charge is 2.07. The van der Waals surface area contributed by atoms with Crippen molar-refractivity contribution in [2.24, 2.45) is 0 Å². The maximum atomic E-state index is 12.1. The SMILES string of the molecule is CC(Nc1ccc(NC(=O)Cc2ccc(Cl)cc2)cn1)c1ccccc1. The van der Waals surface area contributed by atoms with E-state index < -0.39 is 0 Å². The Bertz CT molecular complexity index is 849. The van der Waals surface area contributed by atoms with Crippen LogP contribution < -0.4 is 10.6 Å². The molecule has 0 fully saturated rings. The number of anilines is 2.